The maximum Gasteiger partial charge on any atom is 0.401 e. The molecular formula is C18H26F5IN4O. The quantitative estimate of drug-likeness (QED) is 0.240. The number of aliphatic imine (C=N–C) groups is 1. The van der Waals surface area contributed by atoms with Crippen molar-refractivity contribution in [1.82, 2.24) is 15.5 Å². The first-order valence-electron chi connectivity index (χ1n) is 9.04. The second-order valence-electron chi connectivity index (χ2n) is 6.67. The molecule has 2 N–H and O–H groups in total. The van der Waals surface area contributed by atoms with E-state index in [1.807, 2.05) is 13.8 Å². The monoisotopic (exact) mass is 536 g/mol. The molecule has 0 spiro atoms. The van der Waals surface area contributed by atoms with Crippen LogP contribution in [0.3, 0.4) is 0 Å². The number of hydrogen-bond donors (Lipinski definition) is 2. The average molecular weight is 536 g/mol. The van der Waals surface area contributed by atoms with E-state index < -0.39 is 19.3 Å². The Morgan fingerprint density at radius 2 is 2.07 bits per heavy atom. The van der Waals surface area contributed by atoms with Crippen molar-refractivity contribution in [2.75, 3.05) is 26.2 Å². The molecule has 0 saturated carbocycles. The minimum atomic E-state index is -4.22. The van der Waals surface area contributed by atoms with Crippen LogP contribution in [0.2, 0.25) is 0 Å². The lowest BCUT2D eigenvalue weighted by Crippen LogP contribution is -2.45. The third kappa shape index (κ3) is 9.32. The predicted molar refractivity (Wildman–Crippen MR) is 112 cm³/mol. The van der Waals surface area contributed by atoms with Crippen LogP contribution in [0.5, 0.6) is 5.75 Å². The van der Waals surface area contributed by atoms with Gasteiger partial charge in [-0.3, -0.25) is 4.90 Å². The smallest absolute Gasteiger partial charge is 0.401 e. The van der Waals surface area contributed by atoms with Crippen LogP contribution in [0.25, 0.3) is 0 Å². The van der Waals surface area contributed by atoms with Gasteiger partial charge in [-0.2, -0.15) is 22.0 Å². The van der Waals surface area contributed by atoms with Crippen LogP contribution < -0.4 is 15.4 Å². The Kier molecular flexibility index (Phi) is 10.4. The molecule has 5 nitrogen and oxygen atoms in total. The number of guanidine groups is 1. The van der Waals surface area contributed by atoms with Crippen molar-refractivity contribution in [2.24, 2.45) is 4.99 Å². The average Bonchev–Trinajstić information content (AvgIpc) is 2.99. The zero-order valence-electron chi connectivity index (χ0n) is 16.2. The maximum atomic E-state index is 12.6. The van der Waals surface area contributed by atoms with Crippen molar-refractivity contribution < 1.29 is 26.7 Å². The number of nitrogens with zero attached hydrogens (tertiary/aromatic N) is 2. The minimum Gasteiger partial charge on any atom is -0.434 e. The van der Waals surface area contributed by atoms with E-state index in [9.17, 15) is 22.0 Å². The molecule has 0 aliphatic carbocycles. The Balaban J connectivity index is 0.00000420. The molecule has 1 aromatic rings. The topological polar surface area (TPSA) is 48.9 Å². The number of rotatable bonds is 7. The molecule has 11 heteroatoms. The fourth-order valence-electron chi connectivity index (χ4n) is 3.07. The number of likely N-dealkylation sites (tertiary alicyclic amines) is 1. The van der Waals surface area contributed by atoms with Gasteiger partial charge in [0.05, 0.1) is 13.1 Å². The number of hydrogen-bond acceptors (Lipinski definition) is 3. The second-order valence-corrected chi connectivity index (χ2v) is 6.67. The highest BCUT2D eigenvalue weighted by molar-refractivity contribution is 14.0. The first-order valence-corrected chi connectivity index (χ1v) is 9.04. The molecule has 1 fully saturated rings. The lowest BCUT2D eigenvalue weighted by Gasteiger charge is -2.20. The van der Waals surface area contributed by atoms with Gasteiger partial charge < -0.3 is 15.4 Å². The molecule has 1 aromatic carbocycles. The summed E-state index contributed by atoms with van der Waals surface area (Å²) in [5, 5.41) is 6.15. The summed E-state index contributed by atoms with van der Waals surface area (Å²) in [5.74, 6) is 0.475. The van der Waals surface area contributed by atoms with Gasteiger partial charge in [0.15, 0.2) is 5.96 Å². The van der Waals surface area contributed by atoms with E-state index in [1.54, 1.807) is 12.1 Å². The number of halogens is 6. The number of alkyl halides is 5. The van der Waals surface area contributed by atoms with Crippen molar-refractivity contribution in [1.29, 1.82) is 0 Å². The van der Waals surface area contributed by atoms with Crippen molar-refractivity contribution in [3.8, 4) is 5.75 Å². The number of aryl methyl sites for hydroxylation is 1. The van der Waals surface area contributed by atoms with Crippen LogP contribution in [0.1, 0.15) is 24.5 Å². The van der Waals surface area contributed by atoms with Gasteiger partial charge in [0.1, 0.15) is 5.75 Å². The maximum absolute atomic E-state index is 12.6. The van der Waals surface area contributed by atoms with Gasteiger partial charge in [-0.15, -0.1) is 24.0 Å². The molecule has 0 amide bonds. The van der Waals surface area contributed by atoms with Crippen LogP contribution in [-0.2, 0) is 6.54 Å². The Hall–Kier alpha value is -1.37. The van der Waals surface area contributed by atoms with Crippen LogP contribution in [0.15, 0.2) is 23.2 Å². The molecule has 1 atom stereocenters. The number of ether oxygens (including phenoxy) is 1. The fourth-order valence-corrected chi connectivity index (χ4v) is 3.07. The standard InChI is InChI=1S/C18H25F5N4O.HI/c1-3-24-17(26-14-6-7-27(10-14)11-18(21,22)23)25-9-13-8-12(2)4-5-15(13)28-16(19)20;/h4-5,8,14,16H,3,6-7,9-11H2,1-2H3,(H2,24,25,26);1H. The zero-order valence-corrected chi connectivity index (χ0v) is 18.6. The van der Waals surface area contributed by atoms with Crippen LogP contribution in [-0.4, -0.2) is 55.9 Å². The summed E-state index contributed by atoms with van der Waals surface area (Å²) in [6.07, 6.45) is -3.66. The van der Waals surface area contributed by atoms with E-state index in [0.717, 1.165) is 5.56 Å². The number of nitrogens with one attached hydrogen (secondary N) is 2. The third-order valence-electron chi connectivity index (χ3n) is 4.20. The Labute approximate surface area is 184 Å². The van der Waals surface area contributed by atoms with Gasteiger partial charge in [-0.05, 0) is 26.3 Å². The molecular weight excluding hydrogens is 510 g/mol. The molecule has 2 rings (SSSR count). The molecule has 1 heterocycles. The van der Waals surface area contributed by atoms with Crippen LogP contribution in [0, 0.1) is 6.92 Å². The van der Waals surface area contributed by atoms with Crippen molar-refractivity contribution in [2.45, 2.75) is 45.6 Å². The van der Waals surface area contributed by atoms with Gasteiger partial charge >= 0.3 is 12.8 Å². The van der Waals surface area contributed by atoms with E-state index in [0.29, 0.717) is 31.0 Å². The van der Waals surface area contributed by atoms with Crippen LogP contribution in [0.4, 0.5) is 22.0 Å². The van der Waals surface area contributed by atoms with Crippen LogP contribution >= 0.6 is 24.0 Å². The molecule has 0 radical (unpaired) electrons. The summed E-state index contributed by atoms with van der Waals surface area (Å²) in [7, 11) is 0. The number of benzene rings is 1. The molecule has 29 heavy (non-hydrogen) atoms. The van der Waals surface area contributed by atoms with Gasteiger partial charge in [-0.1, -0.05) is 17.7 Å². The lowest BCUT2D eigenvalue weighted by atomic mass is 10.1. The summed E-state index contributed by atoms with van der Waals surface area (Å²) >= 11 is 0. The summed E-state index contributed by atoms with van der Waals surface area (Å²) in [6, 6.07) is 4.68. The summed E-state index contributed by atoms with van der Waals surface area (Å²) < 4.78 is 67.3. The third-order valence-corrected chi connectivity index (χ3v) is 4.20. The molecule has 0 bridgehead atoms. The van der Waals surface area contributed by atoms with E-state index in [-0.39, 0.29) is 48.9 Å². The highest BCUT2D eigenvalue weighted by atomic mass is 127. The fraction of sp³-hybridized carbons (Fsp3) is 0.611. The second kappa shape index (κ2) is 11.7. The van der Waals surface area contributed by atoms with Gasteiger partial charge in [0.2, 0.25) is 0 Å². The van der Waals surface area contributed by atoms with E-state index in [4.69, 9.17) is 0 Å². The highest BCUT2D eigenvalue weighted by Gasteiger charge is 2.34. The SMILES string of the molecule is CCNC(=NCc1cc(C)ccc1OC(F)F)NC1CCN(CC(F)(F)F)C1.I. The van der Waals surface area contributed by atoms with Crippen molar-refractivity contribution >= 4 is 29.9 Å². The normalized spacial score (nSPS) is 17.9. The zero-order chi connectivity index (χ0) is 20.7. The molecule has 1 aliphatic heterocycles. The van der Waals surface area contributed by atoms with E-state index in [1.165, 1.54) is 11.0 Å². The predicted octanol–water partition coefficient (Wildman–Crippen LogP) is 3.91. The van der Waals surface area contributed by atoms with Gasteiger partial charge in [-0.25, -0.2) is 4.99 Å². The van der Waals surface area contributed by atoms with E-state index >= 15 is 0 Å². The largest absolute Gasteiger partial charge is 0.434 e. The molecule has 166 valence electrons. The first-order chi connectivity index (χ1) is 13.2. The van der Waals surface area contributed by atoms with Gasteiger partial charge in [0.25, 0.3) is 0 Å². The van der Waals surface area contributed by atoms with Crippen molar-refractivity contribution in [3.63, 3.8) is 0 Å². The summed E-state index contributed by atoms with van der Waals surface area (Å²) in [6.45, 7) is 1.08. The summed E-state index contributed by atoms with van der Waals surface area (Å²) in [4.78, 5) is 5.73. The lowest BCUT2D eigenvalue weighted by molar-refractivity contribution is -0.143. The highest BCUT2D eigenvalue weighted by Crippen LogP contribution is 2.23. The van der Waals surface area contributed by atoms with Crippen molar-refractivity contribution in [3.05, 3.63) is 29.3 Å². The molecule has 0 aromatic heterocycles. The Morgan fingerprint density at radius 1 is 1.34 bits per heavy atom. The minimum absolute atomic E-state index is 0. The first kappa shape index (κ1) is 25.7. The summed E-state index contributed by atoms with van der Waals surface area (Å²) in [5.41, 5.74) is 1.38. The molecule has 1 aliphatic rings. The Bertz CT molecular complexity index is 672. The van der Waals surface area contributed by atoms with E-state index in [2.05, 4.69) is 20.4 Å². The molecule has 1 saturated heterocycles. The Morgan fingerprint density at radius 3 is 2.69 bits per heavy atom. The molecule has 1 unspecified atom stereocenters. The van der Waals surface area contributed by atoms with Gasteiger partial charge in [0, 0.05) is 31.2 Å².